The summed E-state index contributed by atoms with van der Waals surface area (Å²) in [6.45, 7) is 2.41. The molecule has 0 N–H and O–H groups in total. The van der Waals surface area contributed by atoms with E-state index in [4.69, 9.17) is 0 Å². The summed E-state index contributed by atoms with van der Waals surface area (Å²) in [5.41, 5.74) is 0.220. The van der Waals surface area contributed by atoms with E-state index in [1.165, 1.54) is 28.0 Å². The number of carboxylic acid groups (broad SMARTS) is 1. The summed E-state index contributed by atoms with van der Waals surface area (Å²) in [7, 11) is -1.53. The van der Waals surface area contributed by atoms with Crippen LogP contribution < -0.4 is 21.0 Å². The number of hydrogen-bond donors (Lipinski definition) is 0. The summed E-state index contributed by atoms with van der Waals surface area (Å²) in [6.07, 6.45) is 0. The summed E-state index contributed by atoms with van der Waals surface area (Å²) in [5.74, 6) is -1.13. The third-order valence-electron chi connectivity index (χ3n) is 4.83. The van der Waals surface area contributed by atoms with Crippen molar-refractivity contribution in [3.05, 3.63) is 127 Å². The van der Waals surface area contributed by atoms with E-state index in [-0.39, 0.29) is 5.56 Å². The second kappa shape index (κ2) is 9.82. The Balaban J connectivity index is 0.000000224. The molecule has 0 amide bonds. The van der Waals surface area contributed by atoms with Crippen LogP contribution in [0.2, 0.25) is 0 Å². The first-order valence-corrected chi connectivity index (χ1v) is 11.7. The molecule has 0 atom stereocenters. The molecule has 0 radical (unpaired) electrons. The normalized spacial score (nSPS) is 10.5. The molecular formula is C26H23O2P. The highest BCUT2D eigenvalue weighted by Crippen LogP contribution is 2.51. The van der Waals surface area contributed by atoms with Crippen molar-refractivity contribution in [2.45, 2.75) is 0 Å². The van der Waals surface area contributed by atoms with Crippen molar-refractivity contribution in [3.63, 3.8) is 0 Å². The van der Waals surface area contributed by atoms with Crippen LogP contribution in [-0.4, -0.2) is 12.6 Å². The van der Waals surface area contributed by atoms with Crippen molar-refractivity contribution in [1.82, 2.24) is 0 Å². The molecule has 2 nitrogen and oxygen atoms in total. The largest absolute Gasteiger partial charge is 0.545 e. The Morgan fingerprint density at radius 3 is 1.07 bits per heavy atom. The van der Waals surface area contributed by atoms with Gasteiger partial charge in [-0.05, 0) is 42.0 Å². The molecule has 0 aliphatic carbocycles. The van der Waals surface area contributed by atoms with Crippen LogP contribution in [0.15, 0.2) is 121 Å². The van der Waals surface area contributed by atoms with Gasteiger partial charge in [0.15, 0.2) is 0 Å². The molecule has 0 fully saturated rings. The van der Waals surface area contributed by atoms with Crippen LogP contribution in [-0.2, 0) is 0 Å². The summed E-state index contributed by atoms with van der Waals surface area (Å²) in [5, 5.41) is 14.4. The van der Waals surface area contributed by atoms with Crippen molar-refractivity contribution < 1.29 is 9.90 Å². The third-order valence-corrected chi connectivity index (χ3v) is 8.82. The molecule has 0 heterocycles. The molecule has 29 heavy (non-hydrogen) atoms. The topological polar surface area (TPSA) is 40.1 Å². The van der Waals surface area contributed by atoms with Gasteiger partial charge in [0.2, 0.25) is 0 Å². The van der Waals surface area contributed by atoms with Gasteiger partial charge in [0.05, 0.1) is 12.6 Å². The molecule has 0 unspecified atom stereocenters. The molecule has 0 saturated heterocycles. The van der Waals surface area contributed by atoms with E-state index in [9.17, 15) is 9.90 Å². The highest BCUT2D eigenvalue weighted by atomic mass is 31.2. The maximum absolute atomic E-state index is 10.1. The predicted molar refractivity (Wildman–Crippen MR) is 122 cm³/mol. The molecule has 4 aromatic rings. The smallest absolute Gasteiger partial charge is 0.109 e. The summed E-state index contributed by atoms with van der Waals surface area (Å²) >= 11 is 0. The predicted octanol–water partition coefficient (Wildman–Crippen LogP) is 3.66. The number of carboxylic acids is 1. The van der Waals surface area contributed by atoms with Crippen molar-refractivity contribution in [3.8, 4) is 0 Å². The van der Waals surface area contributed by atoms with Gasteiger partial charge < -0.3 is 9.90 Å². The van der Waals surface area contributed by atoms with Crippen LogP contribution in [0.3, 0.4) is 0 Å². The molecule has 0 spiro atoms. The van der Waals surface area contributed by atoms with Gasteiger partial charge in [0, 0.05) is 0 Å². The zero-order valence-electron chi connectivity index (χ0n) is 16.3. The highest BCUT2D eigenvalue weighted by Gasteiger charge is 2.39. The summed E-state index contributed by atoms with van der Waals surface area (Å²) in [4.78, 5) is 10.1. The average Bonchev–Trinajstić information content (AvgIpc) is 2.81. The number of rotatable bonds is 4. The molecule has 0 aliphatic heterocycles. The van der Waals surface area contributed by atoms with Gasteiger partial charge in [-0.3, -0.25) is 0 Å². The first-order chi connectivity index (χ1) is 14.1. The quantitative estimate of drug-likeness (QED) is 0.492. The van der Waals surface area contributed by atoms with E-state index < -0.39 is 13.2 Å². The Morgan fingerprint density at radius 2 is 0.828 bits per heavy atom. The van der Waals surface area contributed by atoms with Gasteiger partial charge in [0.25, 0.3) is 0 Å². The van der Waals surface area contributed by atoms with E-state index in [1.807, 2.05) is 0 Å². The second-order valence-electron chi connectivity index (χ2n) is 6.67. The molecular weight excluding hydrogens is 375 g/mol. The number of carbonyl (C=O) groups excluding carboxylic acids is 1. The van der Waals surface area contributed by atoms with E-state index >= 15 is 0 Å². The minimum atomic E-state index is -1.53. The van der Waals surface area contributed by atoms with Crippen LogP contribution in [0.4, 0.5) is 0 Å². The maximum atomic E-state index is 10.1. The van der Waals surface area contributed by atoms with Gasteiger partial charge in [-0.15, -0.1) is 0 Å². The Labute approximate surface area is 172 Å². The second-order valence-corrected chi connectivity index (χ2v) is 10.2. The maximum Gasteiger partial charge on any atom is 0.109 e. The number of aromatic carboxylic acids is 1. The van der Waals surface area contributed by atoms with Crippen LogP contribution >= 0.6 is 7.26 Å². The van der Waals surface area contributed by atoms with Crippen LogP contribution in [0, 0.1) is 0 Å². The van der Waals surface area contributed by atoms with E-state index in [0.717, 1.165) is 0 Å². The van der Waals surface area contributed by atoms with Crippen LogP contribution in [0.1, 0.15) is 10.4 Å². The first-order valence-electron chi connectivity index (χ1n) is 9.42. The lowest BCUT2D eigenvalue weighted by Gasteiger charge is -2.22. The summed E-state index contributed by atoms with van der Waals surface area (Å²) < 4.78 is 0. The summed E-state index contributed by atoms with van der Waals surface area (Å²) in [6, 6.07) is 40.7. The lowest BCUT2D eigenvalue weighted by molar-refractivity contribution is -0.255. The molecule has 4 rings (SSSR count). The van der Waals surface area contributed by atoms with Crippen molar-refractivity contribution in [2.75, 3.05) is 6.66 Å². The van der Waals surface area contributed by atoms with Crippen LogP contribution in [0.25, 0.3) is 0 Å². The average molecular weight is 398 g/mol. The minimum Gasteiger partial charge on any atom is -0.545 e. The highest BCUT2D eigenvalue weighted by molar-refractivity contribution is 7.95. The standard InChI is InChI=1S/C19H18P.C7H6O2/c1-20(17-11-5-2-6-12-17,18-13-7-3-8-14-18)19-15-9-4-10-16-19;8-7(9)6-4-2-1-3-5-6/h2-16H,1H3;1-5H,(H,8,9)/q+1;/p-1. The third kappa shape index (κ3) is 4.99. The van der Waals surface area contributed by atoms with E-state index in [2.05, 4.69) is 97.7 Å². The molecule has 0 saturated carbocycles. The number of carbonyl (C=O) groups is 1. The van der Waals surface area contributed by atoms with Crippen molar-refractivity contribution in [2.24, 2.45) is 0 Å². The first kappa shape index (κ1) is 20.5. The zero-order valence-corrected chi connectivity index (χ0v) is 17.2. The van der Waals surface area contributed by atoms with Gasteiger partial charge >= 0.3 is 0 Å². The lowest BCUT2D eigenvalue weighted by atomic mass is 10.2. The van der Waals surface area contributed by atoms with Crippen LogP contribution in [0.5, 0.6) is 0 Å². The van der Waals surface area contributed by atoms with Crippen molar-refractivity contribution in [1.29, 1.82) is 0 Å². The number of benzene rings is 4. The monoisotopic (exact) mass is 398 g/mol. The molecule has 0 aliphatic rings. The zero-order chi connectivity index (χ0) is 20.5. The minimum absolute atomic E-state index is 0.220. The van der Waals surface area contributed by atoms with Gasteiger partial charge in [-0.1, -0.05) is 84.9 Å². The fraction of sp³-hybridized carbons (Fsp3) is 0.0385. The van der Waals surface area contributed by atoms with Gasteiger partial charge in [0.1, 0.15) is 23.2 Å². The van der Waals surface area contributed by atoms with E-state index in [1.54, 1.807) is 18.2 Å². The Bertz CT molecular complexity index is 921. The van der Waals surface area contributed by atoms with Gasteiger partial charge in [-0.2, -0.15) is 0 Å². The van der Waals surface area contributed by atoms with E-state index in [0.29, 0.717) is 0 Å². The Hall–Kier alpha value is -3.22. The number of hydrogen-bond acceptors (Lipinski definition) is 2. The fourth-order valence-corrected chi connectivity index (χ4v) is 6.40. The fourth-order valence-electron chi connectivity index (χ4n) is 3.20. The Morgan fingerprint density at radius 1 is 0.552 bits per heavy atom. The van der Waals surface area contributed by atoms with Gasteiger partial charge in [-0.25, -0.2) is 0 Å². The SMILES string of the molecule is C[P+](c1ccccc1)(c1ccccc1)c1ccccc1.O=C([O-])c1ccccc1. The molecule has 4 aromatic carbocycles. The molecule has 3 heteroatoms. The molecule has 144 valence electrons. The lowest BCUT2D eigenvalue weighted by Crippen LogP contribution is -2.30. The van der Waals surface area contributed by atoms with Crippen molar-refractivity contribution >= 4 is 29.1 Å². The molecule has 0 aromatic heterocycles. The Kier molecular flexibility index (Phi) is 6.94. The molecule has 0 bridgehead atoms.